The summed E-state index contributed by atoms with van der Waals surface area (Å²) in [5, 5.41) is 4.73. The first-order valence-corrected chi connectivity index (χ1v) is 10.5. The van der Waals surface area contributed by atoms with E-state index in [1.165, 1.54) is 56.7 Å². The summed E-state index contributed by atoms with van der Waals surface area (Å²) in [7, 11) is 0. The SMILES string of the molecule is Cc1ccc(C)n1CC[NH+]1CCN(C(=S)N[C@H]2C[C@@H]3CC[C@H]2C3)CC1. The third kappa shape index (κ3) is 3.72. The van der Waals surface area contributed by atoms with Crippen LogP contribution in [0.3, 0.4) is 0 Å². The quantitative estimate of drug-likeness (QED) is 0.793. The third-order valence-electron chi connectivity index (χ3n) is 6.91. The normalized spacial score (nSPS) is 29.4. The summed E-state index contributed by atoms with van der Waals surface area (Å²) >= 11 is 5.73. The second kappa shape index (κ2) is 7.28. The van der Waals surface area contributed by atoms with Gasteiger partial charge in [0.05, 0.1) is 39.3 Å². The lowest BCUT2D eigenvalue weighted by atomic mass is 9.95. The molecular weight excluding hydrogens is 328 g/mol. The number of piperazine rings is 1. The number of aryl methyl sites for hydroxylation is 2. The Morgan fingerprint density at radius 1 is 1.16 bits per heavy atom. The summed E-state index contributed by atoms with van der Waals surface area (Å²) in [4.78, 5) is 4.13. The summed E-state index contributed by atoms with van der Waals surface area (Å²) in [6.07, 6.45) is 5.67. The number of thiocarbonyl (C=S) groups is 1. The largest absolute Gasteiger partial charge is 0.360 e. The third-order valence-corrected chi connectivity index (χ3v) is 7.29. The summed E-state index contributed by atoms with van der Waals surface area (Å²) < 4.78 is 2.45. The summed E-state index contributed by atoms with van der Waals surface area (Å²) in [5.74, 6) is 1.87. The lowest BCUT2D eigenvalue weighted by Crippen LogP contribution is -3.15. The number of hydrogen-bond donors (Lipinski definition) is 2. The van der Waals surface area contributed by atoms with Crippen molar-refractivity contribution in [3.63, 3.8) is 0 Å². The Kier molecular flexibility index (Phi) is 5.05. The molecule has 4 nitrogen and oxygen atoms in total. The standard InChI is InChI=1S/C20H32N4S/c1-15-3-4-16(2)24(15)12-9-22-7-10-23(11-8-22)20(25)21-19-14-17-5-6-18(19)13-17/h3-4,17-19H,5-14H2,1-2H3,(H,21,25)/p+1/t17-,18+,19+/m1/s1. The minimum Gasteiger partial charge on any atom is -0.360 e. The first-order valence-electron chi connectivity index (χ1n) is 10.1. The molecule has 2 N–H and O–H groups in total. The molecule has 138 valence electrons. The molecule has 0 spiro atoms. The summed E-state index contributed by atoms with van der Waals surface area (Å²) in [5.41, 5.74) is 2.76. The van der Waals surface area contributed by atoms with Crippen molar-refractivity contribution in [1.29, 1.82) is 0 Å². The van der Waals surface area contributed by atoms with E-state index in [1.807, 2.05) is 0 Å². The molecular formula is C20H33N4S+. The fourth-order valence-electron chi connectivity index (χ4n) is 5.27. The van der Waals surface area contributed by atoms with Crippen LogP contribution >= 0.6 is 12.2 Å². The van der Waals surface area contributed by atoms with Crippen LogP contribution < -0.4 is 10.2 Å². The van der Waals surface area contributed by atoms with E-state index in [0.29, 0.717) is 6.04 Å². The second-order valence-electron chi connectivity index (χ2n) is 8.49. The van der Waals surface area contributed by atoms with Crippen molar-refractivity contribution in [2.24, 2.45) is 11.8 Å². The molecule has 1 saturated heterocycles. The van der Waals surface area contributed by atoms with Gasteiger partial charge < -0.3 is 19.7 Å². The maximum atomic E-state index is 5.73. The van der Waals surface area contributed by atoms with Crippen LogP contribution in [0.2, 0.25) is 0 Å². The average Bonchev–Trinajstić information content (AvgIpc) is 3.31. The molecule has 3 fully saturated rings. The number of rotatable bonds is 4. The van der Waals surface area contributed by atoms with Crippen LogP contribution in [-0.2, 0) is 6.54 Å². The fraction of sp³-hybridized carbons (Fsp3) is 0.750. The van der Waals surface area contributed by atoms with Gasteiger partial charge in [-0.3, -0.25) is 0 Å². The van der Waals surface area contributed by atoms with Gasteiger partial charge in [-0.1, -0.05) is 6.42 Å². The van der Waals surface area contributed by atoms with Crippen molar-refractivity contribution in [2.75, 3.05) is 32.7 Å². The highest BCUT2D eigenvalue weighted by molar-refractivity contribution is 7.80. The fourth-order valence-corrected chi connectivity index (χ4v) is 5.60. The van der Waals surface area contributed by atoms with Gasteiger partial charge in [-0.05, 0) is 69.3 Å². The Hall–Kier alpha value is -1.07. The molecule has 1 aromatic heterocycles. The molecule has 1 aromatic rings. The maximum absolute atomic E-state index is 5.73. The molecule has 2 aliphatic carbocycles. The molecule has 1 aliphatic heterocycles. The van der Waals surface area contributed by atoms with Gasteiger partial charge in [0.25, 0.3) is 0 Å². The van der Waals surface area contributed by atoms with Crippen LogP contribution in [0, 0.1) is 25.7 Å². The van der Waals surface area contributed by atoms with Crippen molar-refractivity contribution < 1.29 is 4.90 Å². The predicted octanol–water partition coefficient (Wildman–Crippen LogP) is 1.37. The monoisotopic (exact) mass is 361 g/mol. The van der Waals surface area contributed by atoms with E-state index in [9.17, 15) is 0 Å². The van der Waals surface area contributed by atoms with Crippen molar-refractivity contribution in [3.05, 3.63) is 23.5 Å². The van der Waals surface area contributed by atoms with Crippen molar-refractivity contribution in [2.45, 2.75) is 52.1 Å². The van der Waals surface area contributed by atoms with Gasteiger partial charge in [-0.15, -0.1) is 0 Å². The highest BCUT2D eigenvalue weighted by atomic mass is 32.1. The zero-order valence-electron chi connectivity index (χ0n) is 15.8. The smallest absolute Gasteiger partial charge is 0.169 e. The Bertz CT molecular complexity index is 598. The van der Waals surface area contributed by atoms with Gasteiger partial charge in [0.2, 0.25) is 0 Å². The first kappa shape index (κ1) is 17.3. The van der Waals surface area contributed by atoms with Crippen LogP contribution in [0.25, 0.3) is 0 Å². The van der Waals surface area contributed by atoms with Gasteiger partial charge in [-0.2, -0.15) is 0 Å². The number of nitrogens with one attached hydrogen (secondary N) is 2. The van der Waals surface area contributed by atoms with Gasteiger partial charge in [-0.25, -0.2) is 0 Å². The van der Waals surface area contributed by atoms with E-state index < -0.39 is 0 Å². The number of fused-ring (bicyclic) bond motifs is 2. The molecule has 2 heterocycles. The first-order chi connectivity index (χ1) is 12.1. The topological polar surface area (TPSA) is 24.6 Å². The minimum absolute atomic E-state index is 0.663. The van der Waals surface area contributed by atoms with Gasteiger partial charge in [0.15, 0.2) is 5.11 Å². The number of hydrogen-bond acceptors (Lipinski definition) is 1. The highest BCUT2D eigenvalue weighted by Crippen LogP contribution is 2.44. The van der Waals surface area contributed by atoms with Gasteiger partial charge >= 0.3 is 0 Å². The molecule has 0 amide bonds. The molecule has 2 saturated carbocycles. The molecule has 3 atom stereocenters. The van der Waals surface area contributed by atoms with E-state index in [-0.39, 0.29) is 0 Å². The molecule has 3 aliphatic rings. The van der Waals surface area contributed by atoms with Crippen molar-refractivity contribution in [1.82, 2.24) is 14.8 Å². The molecule has 4 rings (SSSR count). The number of aromatic nitrogens is 1. The van der Waals surface area contributed by atoms with Crippen LogP contribution in [-0.4, -0.2) is 53.3 Å². The van der Waals surface area contributed by atoms with Crippen LogP contribution in [0.4, 0.5) is 0 Å². The number of quaternary nitrogens is 1. The highest BCUT2D eigenvalue weighted by Gasteiger charge is 2.40. The van der Waals surface area contributed by atoms with E-state index in [0.717, 1.165) is 36.6 Å². The van der Waals surface area contributed by atoms with Crippen LogP contribution in [0.1, 0.15) is 37.1 Å². The molecule has 0 aromatic carbocycles. The maximum Gasteiger partial charge on any atom is 0.169 e. The minimum atomic E-state index is 0.663. The van der Waals surface area contributed by atoms with Crippen LogP contribution in [0.5, 0.6) is 0 Å². The zero-order chi connectivity index (χ0) is 17.4. The summed E-state index contributed by atoms with van der Waals surface area (Å²) in [6, 6.07) is 5.11. The molecule has 25 heavy (non-hydrogen) atoms. The number of nitrogens with zero attached hydrogens (tertiary/aromatic N) is 2. The zero-order valence-corrected chi connectivity index (χ0v) is 16.6. The Labute approximate surface area is 157 Å². The van der Waals surface area contributed by atoms with Crippen LogP contribution in [0.15, 0.2) is 12.1 Å². The summed E-state index contributed by atoms with van der Waals surface area (Å²) in [6.45, 7) is 11.4. The average molecular weight is 362 g/mol. The van der Waals surface area contributed by atoms with Crippen molar-refractivity contribution >= 4 is 17.3 Å². The van der Waals surface area contributed by atoms with E-state index in [4.69, 9.17) is 12.2 Å². The van der Waals surface area contributed by atoms with E-state index in [2.05, 4.69) is 40.8 Å². The van der Waals surface area contributed by atoms with Crippen molar-refractivity contribution in [3.8, 4) is 0 Å². The lowest BCUT2D eigenvalue weighted by Gasteiger charge is -2.36. The van der Waals surface area contributed by atoms with Gasteiger partial charge in [0, 0.05) is 17.4 Å². The molecule has 0 unspecified atom stereocenters. The Morgan fingerprint density at radius 2 is 1.88 bits per heavy atom. The second-order valence-corrected chi connectivity index (χ2v) is 8.87. The van der Waals surface area contributed by atoms with E-state index >= 15 is 0 Å². The molecule has 5 heteroatoms. The lowest BCUT2D eigenvalue weighted by molar-refractivity contribution is -0.904. The Morgan fingerprint density at radius 3 is 2.48 bits per heavy atom. The molecule has 0 radical (unpaired) electrons. The molecule has 2 bridgehead atoms. The predicted molar refractivity (Wildman–Crippen MR) is 106 cm³/mol. The van der Waals surface area contributed by atoms with Gasteiger partial charge in [0.1, 0.15) is 0 Å². The Balaban J connectivity index is 1.21. The van der Waals surface area contributed by atoms with E-state index in [1.54, 1.807) is 4.90 Å².